The topological polar surface area (TPSA) is 223 Å². The van der Waals surface area contributed by atoms with E-state index in [2.05, 4.69) is 10.2 Å². The SMILES string of the molecule is O=[S-](=O)c1ccc(N=Nc2c(O)c(S(=O)(=O)[O-])cc3cc(S(=O)(=O)[O-])ccc23)c2ccccc12.[Na+].[Na+].[Na+].[OH-]. The number of hydrogen-bond acceptors (Lipinski definition) is 13. The van der Waals surface area contributed by atoms with Gasteiger partial charge in [-0.1, -0.05) is 41.3 Å². The van der Waals surface area contributed by atoms with Gasteiger partial charge in [0, 0.05) is 10.8 Å². The van der Waals surface area contributed by atoms with Gasteiger partial charge < -0.3 is 28.1 Å². The normalized spacial score (nSPS) is 11.4. The standard InChI is InChI=1S/C20H13N2O9S3.3Na.H2O/c23-20-18(34(29,30)31)10-11-9-12(33(26,27)28)5-6-13(11)19(20)22-21-16-7-8-17(32(24)25)15-4-2-1-3-14(15)16;;;;/h1-10,23H,(H,26,27,28)(H,29,30,31);;;;1H2/q-1;3*+1;/p-3. The summed E-state index contributed by atoms with van der Waals surface area (Å²) in [7, 11) is -12.7. The van der Waals surface area contributed by atoms with Gasteiger partial charge in [0.05, 0.1) is 15.5 Å². The van der Waals surface area contributed by atoms with Crippen LogP contribution in [-0.4, -0.2) is 36.5 Å². The maximum absolute atomic E-state index is 11.7. The number of phenols is 1. The second-order valence-corrected chi connectivity index (χ2v) is 10.6. The van der Waals surface area contributed by atoms with Gasteiger partial charge in [0.2, 0.25) is 0 Å². The van der Waals surface area contributed by atoms with E-state index in [1.165, 1.54) is 12.1 Å². The number of azo groups is 1. The molecule has 4 aromatic rings. The van der Waals surface area contributed by atoms with Crippen molar-refractivity contribution in [1.82, 2.24) is 0 Å². The van der Waals surface area contributed by atoms with Crippen molar-refractivity contribution in [3.05, 3.63) is 60.7 Å². The molecule has 0 spiro atoms. The van der Waals surface area contributed by atoms with Crippen LogP contribution in [0.2, 0.25) is 0 Å². The molecule has 0 aliphatic rings. The Balaban J connectivity index is 0.00000342. The molecule has 12 nitrogen and oxygen atoms in total. The molecule has 0 atom stereocenters. The third-order valence-corrected chi connectivity index (χ3v) is 7.28. The summed E-state index contributed by atoms with van der Waals surface area (Å²) >= 11 is 0. The molecule has 0 radical (unpaired) electrons. The van der Waals surface area contributed by atoms with Crippen LogP contribution >= 0.6 is 0 Å². The van der Waals surface area contributed by atoms with Gasteiger partial charge in [-0.25, -0.2) is 16.8 Å². The average Bonchev–Trinajstić information content (AvgIpc) is 2.76. The molecule has 0 unspecified atom stereocenters. The number of phenolic OH excluding ortho intramolecular Hbond substituents is 1. The summed E-state index contributed by atoms with van der Waals surface area (Å²) in [4.78, 5) is -1.76. The smallest absolute Gasteiger partial charge is 0.870 e. The minimum absolute atomic E-state index is 0. The summed E-state index contributed by atoms with van der Waals surface area (Å²) < 4.78 is 92.0. The van der Waals surface area contributed by atoms with Crippen molar-refractivity contribution < 1.29 is 134 Å². The number of aromatic hydroxyl groups is 1. The maximum atomic E-state index is 11.7. The van der Waals surface area contributed by atoms with Gasteiger partial charge in [0.15, 0.2) is 5.75 Å². The van der Waals surface area contributed by atoms with E-state index in [-0.39, 0.29) is 116 Å². The first-order valence-electron chi connectivity index (χ1n) is 9.12. The van der Waals surface area contributed by atoms with Crippen molar-refractivity contribution in [2.24, 2.45) is 10.2 Å². The summed E-state index contributed by atoms with van der Waals surface area (Å²) in [6, 6.07) is 12.6. The molecule has 0 amide bonds. The quantitative estimate of drug-likeness (QED) is 0.0983. The Morgan fingerprint density at radius 3 is 1.89 bits per heavy atom. The Morgan fingerprint density at radius 2 is 1.34 bits per heavy atom. The van der Waals surface area contributed by atoms with E-state index >= 15 is 0 Å². The summed E-state index contributed by atoms with van der Waals surface area (Å²) in [5.74, 6) is -1.02. The van der Waals surface area contributed by atoms with E-state index in [4.69, 9.17) is 0 Å². The Morgan fingerprint density at radius 1 is 0.737 bits per heavy atom. The van der Waals surface area contributed by atoms with E-state index in [9.17, 15) is 39.5 Å². The van der Waals surface area contributed by atoms with Crippen LogP contribution < -0.4 is 88.7 Å². The molecular weight excluding hydrogens is 593 g/mol. The van der Waals surface area contributed by atoms with Crippen molar-refractivity contribution in [2.75, 3.05) is 0 Å². The molecule has 18 heteroatoms. The van der Waals surface area contributed by atoms with Crippen molar-refractivity contribution >= 4 is 63.9 Å². The first kappa shape index (κ1) is 37.5. The monoisotopic (exact) mass is 605 g/mol. The molecule has 184 valence electrons. The predicted molar refractivity (Wildman–Crippen MR) is 119 cm³/mol. The first-order valence-corrected chi connectivity index (χ1v) is 13.0. The molecule has 4 rings (SSSR count). The molecular formula is C20H12N2Na3O10S3-. The fourth-order valence-corrected chi connectivity index (χ4v) is 5.02. The number of fused-ring (bicyclic) bond motifs is 2. The van der Waals surface area contributed by atoms with Crippen LogP contribution in [0.1, 0.15) is 0 Å². The summed E-state index contributed by atoms with van der Waals surface area (Å²) in [6.07, 6.45) is 0. The molecule has 4 aromatic carbocycles. The van der Waals surface area contributed by atoms with Crippen molar-refractivity contribution in [2.45, 2.75) is 14.7 Å². The second kappa shape index (κ2) is 14.4. The summed E-state index contributed by atoms with van der Waals surface area (Å²) in [5, 5.41) is 18.9. The van der Waals surface area contributed by atoms with Gasteiger partial charge in [0.25, 0.3) is 0 Å². The van der Waals surface area contributed by atoms with Crippen molar-refractivity contribution in [1.29, 1.82) is 0 Å². The Labute approximate surface area is 285 Å². The number of rotatable bonds is 5. The Hall–Kier alpha value is -0.470. The zero-order chi connectivity index (χ0) is 24.8. The third kappa shape index (κ3) is 7.84. The van der Waals surface area contributed by atoms with Gasteiger partial charge in [-0.15, -0.1) is 10.2 Å². The second-order valence-electron chi connectivity index (χ2n) is 6.93. The molecule has 0 bridgehead atoms. The Bertz CT molecular complexity index is 1820. The van der Waals surface area contributed by atoms with E-state index in [0.29, 0.717) is 10.8 Å². The van der Waals surface area contributed by atoms with Crippen LogP contribution in [0.5, 0.6) is 5.75 Å². The summed E-state index contributed by atoms with van der Waals surface area (Å²) in [6.45, 7) is 0. The van der Waals surface area contributed by atoms with Crippen LogP contribution in [0, 0.1) is 0 Å². The molecule has 0 saturated heterocycles. The van der Waals surface area contributed by atoms with Gasteiger partial charge in [-0.05, 0) is 45.7 Å². The van der Waals surface area contributed by atoms with Crippen LogP contribution in [0.15, 0.2) is 85.6 Å². The fraction of sp³-hybridized carbons (Fsp3) is 0. The van der Waals surface area contributed by atoms with Gasteiger partial charge in [-0.3, -0.25) is 0 Å². The molecule has 0 aliphatic carbocycles. The molecule has 38 heavy (non-hydrogen) atoms. The van der Waals surface area contributed by atoms with Gasteiger partial charge in [-0.2, -0.15) is 0 Å². The minimum Gasteiger partial charge on any atom is -0.870 e. The predicted octanol–water partition coefficient (Wildman–Crippen LogP) is -5.57. The molecule has 0 fully saturated rings. The largest absolute Gasteiger partial charge is 1.00 e. The zero-order valence-corrected chi connectivity index (χ0v) is 28.5. The van der Waals surface area contributed by atoms with E-state index in [1.54, 1.807) is 24.3 Å². The summed E-state index contributed by atoms with van der Waals surface area (Å²) in [5.41, 5.74) is -0.311. The molecule has 0 aromatic heterocycles. The third-order valence-electron chi connectivity index (χ3n) is 4.88. The van der Waals surface area contributed by atoms with Crippen LogP contribution in [0.25, 0.3) is 21.5 Å². The van der Waals surface area contributed by atoms with Gasteiger partial charge >= 0.3 is 88.7 Å². The van der Waals surface area contributed by atoms with Crippen LogP contribution in [0.4, 0.5) is 11.4 Å². The molecule has 2 N–H and O–H groups in total. The van der Waals surface area contributed by atoms with Crippen LogP contribution in [-0.2, 0) is 39.4 Å². The van der Waals surface area contributed by atoms with Crippen molar-refractivity contribution in [3.63, 3.8) is 0 Å². The first-order chi connectivity index (χ1) is 15.9. The molecule has 0 aliphatic heterocycles. The van der Waals surface area contributed by atoms with E-state index in [0.717, 1.165) is 24.3 Å². The zero-order valence-electron chi connectivity index (χ0n) is 20.1. The minimum atomic E-state index is -5.23. The number of nitrogens with zero attached hydrogens (tertiary/aromatic N) is 2. The van der Waals surface area contributed by atoms with Crippen molar-refractivity contribution in [3.8, 4) is 5.75 Å². The van der Waals surface area contributed by atoms with E-state index in [1.807, 2.05) is 0 Å². The van der Waals surface area contributed by atoms with Gasteiger partial charge in [0.1, 0.15) is 25.9 Å². The Kier molecular flexibility index (Phi) is 14.3. The number of hydrogen-bond donors (Lipinski definition) is 1. The van der Waals surface area contributed by atoms with Crippen LogP contribution in [0.3, 0.4) is 0 Å². The maximum Gasteiger partial charge on any atom is 1.00 e. The fourth-order valence-electron chi connectivity index (χ4n) is 3.37. The molecule has 0 heterocycles. The average molecular weight is 605 g/mol. The van der Waals surface area contributed by atoms with E-state index < -0.39 is 52.2 Å². The molecule has 0 saturated carbocycles. The number of benzene rings is 4.